The van der Waals surface area contributed by atoms with Crippen molar-refractivity contribution in [1.82, 2.24) is 0 Å². The Labute approximate surface area is 36.9 Å². The predicted molar refractivity (Wildman–Crippen MR) is 38.8 cm³/mol. The Bertz CT molecular complexity index is 143. The van der Waals surface area contributed by atoms with E-state index in [0.717, 1.165) is 6.18 Å². The molecule has 0 aromatic rings. The molecule has 0 radical (unpaired) electrons. The van der Waals surface area contributed by atoms with E-state index in [4.69, 9.17) is 0 Å². The molecule has 28 valence electrons. The van der Waals surface area contributed by atoms with Gasteiger partial charge in [-0.3, -0.25) is 0 Å². The molecular formula is H3P5. The SMILES string of the molecule is P[PH]12P=P1=P2. The Hall–Kier alpha value is 1.76. The zero-order valence-corrected chi connectivity index (χ0v) is 7.26. The van der Waals surface area contributed by atoms with Gasteiger partial charge in [-0.25, -0.2) is 0 Å². The molecule has 5 heteroatoms. The minimum absolute atomic E-state index is 0.269. The Morgan fingerprint density at radius 1 is 1.60 bits per heavy atom. The average Bonchev–Trinajstić information content (AvgIpc) is 1.74. The summed E-state index contributed by atoms with van der Waals surface area (Å²) in [7, 11) is 6.83. The van der Waals surface area contributed by atoms with Crippen LogP contribution in [0.2, 0.25) is 0 Å². The van der Waals surface area contributed by atoms with Gasteiger partial charge in [-0.15, -0.1) is 0 Å². The van der Waals surface area contributed by atoms with Gasteiger partial charge in [0.1, 0.15) is 0 Å². The zero-order valence-electron chi connectivity index (χ0n) is 2.42. The van der Waals surface area contributed by atoms with Crippen molar-refractivity contribution in [3.05, 3.63) is 0 Å². The van der Waals surface area contributed by atoms with E-state index in [1.54, 1.807) is 0 Å². The van der Waals surface area contributed by atoms with E-state index in [9.17, 15) is 0 Å². The predicted octanol–water partition coefficient (Wildman–Crippen LogP) is 3.50. The van der Waals surface area contributed by atoms with Crippen molar-refractivity contribution < 1.29 is 0 Å². The Morgan fingerprint density at radius 2 is 1.80 bits per heavy atom. The molecule has 0 saturated carbocycles. The number of fused-ring (bicyclic) bond motifs is 1. The van der Waals surface area contributed by atoms with Crippen LogP contribution in [0, 0.1) is 0 Å². The normalized spacial score (nSPS) is 53.4. The zero-order chi connectivity index (χ0) is 3.49. The first-order chi connectivity index (χ1) is 2.31. The third-order valence-corrected chi connectivity index (χ3v) is 45.8. The fourth-order valence-corrected chi connectivity index (χ4v) is 50.8. The van der Waals surface area contributed by atoms with Gasteiger partial charge in [-0.2, -0.15) is 0 Å². The van der Waals surface area contributed by atoms with E-state index in [-0.39, 0.29) is 6.02 Å². The van der Waals surface area contributed by atoms with E-state index in [1.165, 1.54) is 0 Å². The molecule has 0 aromatic heterocycles. The summed E-state index contributed by atoms with van der Waals surface area (Å²) in [5.74, 6) is 0. The molecule has 0 fully saturated rings. The van der Waals surface area contributed by atoms with Crippen LogP contribution in [0.15, 0.2) is 0 Å². The van der Waals surface area contributed by atoms with Gasteiger partial charge in [-0.05, 0) is 0 Å². The van der Waals surface area contributed by atoms with Gasteiger partial charge >= 0.3 is 36.2 Å². The van der Waals surface area contributed by atoms with Gasteiger partial charge < -0.3 is 0 Å². The Kier molecular flexibility index (Phi) is 0.597. The Balaban J connectivity index is 2.76. The van der Waals surface area contributed by atoms with Crippen LogP contribution in [-0.4, -0.2) is 0 Å². The maximum absolute atomic E-state index is 3.04. The van der Waals surface area contributed by atoms with Crippen molar-refractivity contribution >= 4 is 36.2 Å². The number of rotatable bonds is 0. The van der Waals surface area contributed by atoms with E-state index >= 15 is 0 Å². The summed E-state index contributed by atoms with van der Waals surface area (Å²) in [5, 5.41) is 0. The summed E-state index contributed by atoms with van der Waals surface area (Å²) in [6.07, 6.45) is 0.761. The van der Waals surface area contributed by atoms with Crippen LogP contribution in [0.4, 0.5) is 0 Å². The molecule has 1 atom stereocenters. The second-order valence-corrected chi connectivity index (χ2v) is 31.8. The summed E-state index contributed by atoms with van der Waals surface area (Å²) in [4.78, 5) is 0. The molecule has 2 heterocycles. The van der Waals surface area contributed by atoms with Crippen molar-refractivity contribution in [3.8, 4) is 0 Å². The summed E-state index contributed by atoms with van der Waals surface area (Å²) >= 11 is 0. The van der Waals surface area contributed by atoms with Gasteiger partial charge in [0.05, 0.1) is 0 Å². The fraction of sp³-hybridized carbons (Fsp3) is 0. The topological polar surface area (TPSA) is 0 Å². The molecule has 0 aliphatic carbocycles. The van der Waals surface area contributed by atoms with Crippen molar-refractivity contribution in [3.63, 3.8) is 0 Å². The van der Waals surface area contributed by atoms with Gasteiger partial charge in [0.2, 0.25) is 0 Å². The molecule has 0 aromatic carbocycles. The summed E-state index contributed by atoms with van der Waals surface area (Å²) < 4.78 is 0. The van der Waals surface area contributed by atoms with Crippen LogP contribution < -0.4 is 0 Å². The average molecular weight is 158 g/mol. The first-order valence-electron chi connectivity index (χ1n) is 1.36. The molecule has 0 spiro atoms. The molecule has 1 unspecified atom stereocenters. The molecular weight excluding hydrogens is 155 g/mol. The summed E-state index contributed by atoms with van der Waals surface area (Å²) in [6, 6.07) is -0.269. The van der Waals surface area contributed by atoms with E-state index in [0.29, 0.717) is 0 Å². The van der Waals surface area contributed by atoms with Crippen molar-refractivity contribution in [1.29, 1.82) is 0 Å². The summed E-state index contributed by atoms with van der Waals surface area (Å²) in [5.41, 5.74) is 0. The molecule has 5 heavy (non-hydrogen) atoms. The Morgan fingerprint density at radius 3 is 1.80 bits per heavy atom. The first-order valence-corrected chi connectivity index (χ1v) is 12.2. The van der Waals surface area contributed by atoms with Crippen LogP contribution >= 0.6 is 36.2 Å². The molecule has 2 aliphatic rings. The molecule has 2 rings (SSSR count). The maximum atomic E-state index is 3.04. The molecule has 2 aliphatic heterocycles. The molecule has 0 amide bonds. The van der Waals surface area contributed by atoms with Crippen LogP contribution in [0.1, 0.15) is 0 Å². The number of hydrogen-bond acceptors (Lipinski definition) is 0. The second-order valence-electron chi connectivity index (χ2n) is 1.18. The first kappa shape index (κ1) is 3.72. The molecule has 0 bridgehead atoms. The van der Waals surface area contributed by atoms with Crippen LogP contribution in [0.5, 0.6) is 0 Å². The monoisotopic (exact) mass is 158 g/mol. The van der Waals surface area contributed by atoms with Gasteiger partial charge in [0.25, 0.3) is 0 Å². The van der Waals surface area contributed by atoms with Crippen molar-refractivity contribution in [2.75, 3.05) is 0 Å². The van der Waals surface area contributed by atoms with Crippen LogP contribution in [0.25, 0.3) is 0 Å². The third-order valence-electron chi connectivity index (χ3n) is 0.699. The van der Waals surface area contributed by atoms with Gasteiger partial charge in [-0.1, -0.05) is 0 Å². The quantitative estimate of drug-likeness (QED) is 0.473. The molecule has 0 saturated heterocycles. The number of hydrogen-bond donors (Lipinski definition) is 0. The van der Waals surface area contributed by atoms with E-state index < -0.39 is 0 Å². The van der Waals surface area contributed by atoms with Crippen LogP contribution in [-0.2, 0) is 0 Å². The minimum atomic E-state index is -0.269. The summed E-state index contributed by atoms with van der Waals surface area (Å²) in [6.45, 7) is 0. The fourth-order valence-electron chi connectivity index (χ4n) is 0.239. The molecule has 0 N–H and O–H groups in total. The standard InChI is InChI=1S/H3P5/c1-5-2-4(5)3-5/h5H,1H2. The van der Waals surface area contributed by atoms with Crippen LogP contribution in [0.3, 0.4) is 0 Å². The van der Waals surface area contributed by atoms with Crippen molar-refractivity contribution in [2.24, 2.45) is 0 Å². The third kappa shape index (κ3) is 0.430. The molecule has 0 nitrogen and oxygen atoms in total. The van der Waals surface area contributed by atoms with Gasteiger partial charge in [0, 0.05) is 0 Å². The second kappa shape index (κ2) is 0.802. The van der Waals surface area contributed by atoms with Crippen molar-refractivity contribution in [2.45, 2.75) is 0 Å². The van der Waals surface area contributed by atoms with E-state index in [1.807, 2.05) is 15.1 Å². The van der Waals surface area contributed by atoms with Gasteiger partial charge in [0.15, 0.2) is 0 Å². The van der Waals surface area contributed by atoms with E-state index in [2.05, 4.69) is 8.93 Å².